The normalized spacial score (nSPS) is 11.6. The highest BCUT2D eigenvalue weighted by Gasteiger charge is 2.24. The predicted molar refractivity (Wildman–Crippen MR) is 59.6 cm³/mol. The smallest absolute Gasteiger partial charge is 0.266 e. The van der Waals surface area contributed by atoms with E-state index in [0.717, 1.165) is 0 Å². The largest absolute Gasteiger partial charge is 0.495 e. The Morgan fingerprint density at radius 2 is 2.00 bits per heavy atom. The van der Waals surface area contributed by atoms with Crippen LogP contribution in [0.1, 0.15) is 11.1 Å². The van der Waals surface area contributed by atoms with Crippen LogP contribution in [0.4, 0.5) is 0 Å². The molecule has 7 heteroatoms. The molecule has 0 heterocycles. The molecule has 0 amide bonds. The molecule has 0 unspecified atom stereocenters. The predicted octanol–water partition coefficient (Wildman–Crippen LogP) is 1.63. The van der Waals surface area contributed by atoms with Crippen molar-refractivity contribution in [2.75, 3.05) is 7.11 Å². The van der Waals surface area contributed by atoms with Crippen molar-refractivity contribution in [3.63, 3.8) is 0 Å². The number of hydrogen-bond donors (Lipinski definition) is 2. The Morgan fingerprint density at radius 1 is 1.44 bits per heavy atom. The maximum absolute atomic E-state index is 11.6. The van der Waals surface area contributed by atoms with E-state index in [1.165, 1.54) is 18.1 Å². The summed E-state index contributed by atoms with van der Waals surface area (Å²) in [5.74, 6) is 0.140. The number of benzene rings is 1. The molecule has 0 saturated carbocycles. The van der Waals surface area contributed by atoms with Crippen molar-refractivity contribution >= 4 is 21.6 Å². The van der Waals surface area contributed by atoms with E-state index in [1.54, 1.807) is 13.8 Å². The zero-order chi connectivity index (χ0) is 12.5. The molecule has 2 N–H and O–H groups in total. The van der Waals surface area contributed by atoms with Crippen molar-refractivity contribution in [3.05, 3.63) is 22.2 Å². The van der Waals surface area contributed by atoms with Crippen LogP contribution >= 0.6 is 11.6 Å². The first kappa shape index (κ1) is 13.2. The second-order valence-electron chi connectivity index (χ2n) is 3.26. The fourth-order valence-electron chi connectivity index (χ4n) is 1.44. The van der Waals surface area contributed by atoms with Gasteiger partial charge in [0, 0.05) is 5.02 Å². The van der Waals surface area contributed by atoms with Gasteiger partial charge in [-0.1, -0.05) is 16.5 Å². The number of halogens is 1. The molecule has 1 rings (SSSR count). The van der Waals surface area contributed by atoms with Gasteiger partial charge in [0.15, 0.2) is 0 Å². The minimum absolute atomic E-state index is 0.140. The van der Waals surface area contributed by atoms with Crippen molar-refractivity contribution in [2.24, 2.45) is 0 Å². The summed E-state index contributed by atoms with van der Waals surface area (Å²) in [5.41, 5.74) is 1.04. The summed E-state index contributed by atoms with van der Waals surface area (Å²) in [6.45, 7) is 3.28. The van der Waals surface area contributed by atoms with Crippen molar-refractivity contribution in [1.82, 2.24) is 4.89 Å². The fraction of sp³-hybridized carbons (Fsp3) is 0.333. The van der Waals surface area contributed by atoms with Crippen LogP contribution in [0.3, 0.4) is 0 Å². The van der Waals surface area contributed by atoms with Gasteiger partial charge in [-0.25, -0.2) is 8.42 Å². The summed E-state index contributed by atoms with van der Waals surface area (Å²) >= 11 is 5.95. The Labute approximate surface area is 99.0 Å². The monoisotopic (exact) mass is 265 g/mol. The second-order valence-corrected chi connectivity index (χ2v) is 5.23. The van der Waals surface area contributed by atoms with E-state index in [1.807, 2.05) is 0 Å². The first-order chi connectivity index (χ1) is 7.35. The topological polar surface area (TPSA) is 75.6 Å². The van der Waals surface area contributed by atoms with Gasteiger partial charge in [0.25, 0.3) is 10.0 Å². The molecule has 1 aromatic carbocycles. The molecule has 0 aromatic heterocycles. The first-order valence-corrected chi connectivity index (χ1v) is 6.21. The van der Waals surface area contributed by atoms with E-state index in [9.17, 15) is 8.42 Å². The molecule has 16 heavy (non-hydrogen) atoms. The molecule has 0 aliphatic heterocycles. The zero-order valence-electron chi connectivity index (χ0n) is 9.04. The number of rotatable bonds is 3. The van der Waals surface area contributed by atoms with Crippen LogP contribution in [-0.2, 0) is 10.0 Å². The lowest BCUT2D eigenvalue weighted by molar-refractivity contribution is 0.242. The molecule has 90 valence electrons. The lowest BCUT2D eigenvalue weighted by Crippen LogP contribution is -2.21. The van der Waals surface area contributed by atoms with E-state index >= 15 is 0 Å². The maximum atomic E-state index is 11.6. The zero-order valence-corrected chi connectivity index (χ0v) is 10.6. The van der Waals surface area contributed by atoms with E-state index in [4.69, 9.17) is 21.5 Å². The molecular formula is C9H12ClNO4S. The third kappa shape index (κ3) is 2.15. The van der Waals surface area contributed by atoms with Gasteiger partial charge in [-0.2, -0.15) is 0 Å². The van der Waals surface area contributed by atoms with Crippen molar-refractivity contribution in [3.8, 4) is 5.75 Å². The third-order valence-corrected chi connectivity index (χ3v) is 4.06. The van der Waals surface area contributed by atoms with Crippen LogP contribution in [0.2, 0.25) is 5.02 Å². The quantitative estimate of drug-likeness (QED) is 0.815. The molecule has 0 aliphatic carbocycles. The summed E-state index contributed by atoms with van der Waals surface area (Å²) < 4.78 is 28.1. The molecule has 0 radical (unpaired) electrons. The van der Waals surface area contributed by atoms with Gasteiger partial charge in [-0.05, 0) is 31.0 Å². The van der Waals surface area contributed by atoms with Crippen LogP contribution in [0.25, 0.3) is 0 Å². The average molecular weight is 266 g/mol. The Balaban J connectivity index is 3.67. The summed E-state index contributed by atoms with van der Waals surface area (Å²) in [5, 5.41) is 8.94. The van der Waals surface area contributed by atoms with Gasteiger partial charge in [-0.15, -0.1) is 0 Å². The summed E-state index contributed by atoms with van der Waals surface area (Å²) in [4.78, 5) is 1.09. The van der Waals surface area contributed by atoms with Crippen molar-refractivity contribution in [2.45, 2.75) is 18.7 Å². The van der Waals surface area contributed by atoms with Gasteiger partial charge in [-0.3, -0.25) is 0 Å². The number of sulfonamides is 1. The van der Waals surface area contributed by atoms with E-state index < -0.39 is 10.0 Å². The second kappa shape index (κ2) is 4.58. The van der Waals surface area contributed by atoms with Crippen LogP contribution < -0.4 is 9.62 Å². The molecule has 5 nitrogen and oxygen atoms in total. The SMILES string of the molecule is COc1cc(C)c(Cl)c(C)c1S(=O)(=O)NO. The van der Waals surface area contributed by atoms with Gasteiger partial charge in [0.05, 0.1) is 7.11 Å². The van der Waals surface area contributed by atoms with E-state index in [-0.39, 0.29) is 10.6 Å². The molecule has 0 bridgehead atoms. The van der Waals surface area contributed by atoms with Crippen molar-refractivity contribution < 1.29 is 18.4 Å². The molecule has 0 saturated heterocycles. The average Bonchev–Trinajstić information content (AvgIpc) is 2.24. The lowest BCUT2D eigenvalue weighted by atomic mass is 10.1. The fourth-order valence-corrected chi connectivity index (χ4v) is 2.65. The Morgan fingerprint density at radius 3 is 2.44 bits per heavy atom. The molecule has 0 spiro atoms. The van der Waals surface area contributed by atoms with Crippen LogP contribution in [0.5, 0.6) is 5.75 Å². The molecular weight excluding hydrogens is 254 g/mol. The maximum Gasteiger partial charge on any atom is 0.266 e. The number of methoxy groups -OCH3 is 1. The van der Waals surface area contributed by atoms with Gasteiger partial charge >= 0.3 is 0 Å². The summed E-state index contributed by atoms with van der Waals surface area (Å²) in [6.07, 6.45) is 0. The number of nitrogens with one attached hydrogen (secondary N) is 1. The Kier molecular flexibility index (Phi) is 3.80. The van der Waals surface area contributed by atoms with Gasteiger partial charge < -0.3 is 9.94 Å². The third-order valence-electron chi connectivity index (χ3n) is 2.20. The molecule has 1 aromatic rings. The Hall–Kier alpha value is -0.820. The van der Waals surface area contributed by atoms with Crippen molar-refractivity contribution in [1.29, 1.82) is 0 Å². The highest BCUT2D eigenvalue weighted by molar-refractivity contribution is 7.89. The molecule has 0 fully saturated rings. The van der Waals surface area contributed by atoms with Gasteiger partial charge in [0.1, 0.15) is 10.6 Å². The van der Waals surface area contributed by atoms with E-state index in [2.05, 4.69) is 0 Å². The molecule has 0 aliphatic rings. The lowest BCUT2D eigenvalue weighted by Gasteiger charge is -2.14. The summed E-state index contributed by atoms with van der Waals surface area (Å²) in [7, 11) is -2.67. The van der Waals surface area contributed by atoms with Gasteiger partial charge in [0.2, 0.25) is 0 Å². The first-order valence-electron chi connectivity index (χ1n) is 4.34. The summed E-state index contributed by atoms with van der Waals surface area (Å²) in [6, 6.07) is 1.50. The number of ether oxygens (including phenoxy) is 1. The minimum Gasteiger partial charge on any atom is -0.495 e. The highest BCUT2D eigenvalue weighted by atomic mass is 35.5. The van der Waals surface area contributed by atoms with Crippen LogP contribution in [0.15, 0.2) is 11.0 Å². The number of aryl methyl sites for hydroxylation is 1. The molecule has 0 atom stereocenters. The Bertz CT molecular complexity index is 513. The van der Waals surface area contributed by atoms with Crippen LogP contribution in [-0.4, -0.2) is 20.7 Å². The van der Waals surface area contributed by atoms with E-state index in [0.29, 0.717) is 16.1 Å². The standard InChI is InChI=1S/C9H12ClNO4S/c1-5-4-7(15-3)9(6(2)8(5)10)16(13,14)11-12/h4,11-12H,1-3H3. The number of hydrogen-bond acceptors (Lipinski definition) is 4. The van der Waals surface area contributed by atoms with Crippen LogP contribution in [0, 0.1) is 13.8 Å². The minimum atomic E-state index is -4.01. The highest BCUT2D eigenvalue weighted by Crippen LogP contribution is 2.34.